The van der Waals surface area contributed by atoms with E-state index in [1.165, 1.54) is 5.56 Å². The molecule has 0 saturated heterocycles. The van der Waals surface area contributed by atoms with Gasteiger partial charge in [-0.2, -0.15) is 0 Å². The highest BCUT2D eigenvalue weighted by atomic mass is 16.1. The lowest BCUT2D eigenvalue weighted by Gasteiger charge is -2.00. The van der Waals surface area contributed by atoms with Crippen molar-refractivity contribution in [3.63, 3.8) is 0 Å². The van der Waals surface area contributed by atoms with Gasteiger partial charge in [0.1, 0.15) is 6.29 Å². The minimum atomic E-state index is 0.592. The lowest BCUT2D eigenvalue weighted by molar-refractivity contribution is -0.107. The Kier molecular flexibility index (Phi) is 4.19. The van der Waals surface area contributed by atoms with Crippen molar-refractivity contribution in [3.8, 4) is 0 Å². The zero-order valence-electron chi connectivity index (χ0n) is 7.70. The van der Waals surface area contributed by atoms with Crippen LogP contribution in [-0.4, -0.2) is 6.29 Å². The van der Waals surface area contributed by atoms with Crippen molar-refractivity contribution in [2.75, 3.05) is 0 Å². The summed E-state index contributed by atoms with van der Waals surface area (Å²) in [6.07, 6.45) is 3.53. The molecule has 0 atom stereocenters. The molecule has 1 aromatic rings. The van der Waals surface area contributed by atoms with Crippen molar-refractivity contribution in [2.45, 2.75) is 25.8 Å². The van der Waals surface area contributed by atoms with Crippen LogP contribution in [0.15, 0.2) is 24.3 Å². The molecule has 0 unspecified atom stereocenters. The van der Waals surface area contributed by atoms with E-state index >= 15 is 0 Å². The van der Waals surface area contributed by atoms with Gasteiger partial charge in [-0.05, 0) is 24.0 Å². The highest BCUT2D eigenvalue weighted by molar-refractivity contribution is 5.49. The van der Waals surface area contributed by atoms with Crippen molar-refractivity contribution in [1.82, 2.24) is 0 Å². The van der Waals surface area contributed by atoms with Crippen molar-refractivity contribution in [3.05, 3.63) is 35.4 Å². The maximum Gasteiger partial charge on any atom is 0.120 e. The first-order valence-electron chi connectivity index (χ1n) is 4.58. The second-order valence-electron chi connectivity index (χ2n) is 3.08. The van der Waals surface area contributed by atoms with Crippen LogP contribution in [0.1, 0.15) is 24.0 Å². The van der Waals surface area contributed by atoms with Crippen molar-refractivity contribution < 1.29 is 4.79 Å². The second kappa shape index (κ2) is 5.49. The van der Waals surface area contributed by atoms with Crippen LogP contribution in [0.2, 0.25) is 0 Å². The molecule has 0 aliphatic rings. The van der Waals surface area contributed by atoms with Gasteiger partial charge in [0.25, 0.3) is 0 Å². The number of carbonyl (C=O) groups excluding carboxylic acids is 1. The zero-order chi connectivity index (χ0) is 9.52. The molecule has 70 valence electrons. The number of hydrogen-bond donors (Lipinski definition) is 1. The van der Waals surface area contributed by atoms with Gasteiger partial charge in [-0.15, -0.1) is 0 Å². The molecule has 0 saturated carbocycles. The summed E-state index contributed by atoms with van der Waals surface area (Å²) in [7, 11) is 0. The Morgan fingerprint density at radius 3 is 2.31 bits per heavy atom. The molecule has 2 N–H and O–H groups in total. The van der Waals surface area contributed by atoms with Gasteiger partial charge in [0.2, 0.25) is 0 Å². The van der Waals surface area contributed by atoms with Crippen molar-refractivity contribution >= 4 is 6.29 Å². The van der Waals surface area contributed by atoms with Crippen LogP contribution >= 0.6 is 0 Å². The molecule has 0 fully saturated rings. The highest BCUT2D eigenvalue weighted by Crippen LogP contribution is 2.06. The van der Waals surface area contributed by atoms with Crippen LogP contribution in [0.25, 0.3) is 0 Å². The van der Waals surface area contributed by atoms with Gasteiger partial charge in [0.15, 0.2) is 0 Å². The van der Waals surface area contributed by atoms with Gasteiger partial charge in [0.05, 0.1) is 0 Å². The maximum atomic E-state index is 10.1. The first-order valence-corrected chi connectivity index (χ1v) is 4.58. The number of unbranched alkanes of at least 4 members (excludes halogenated alkanes) is 1. The number of hydrogen-bond acceptors (Lipinski definition) is 2. The van der Waals surface area contributed by atoms with Crippen LogP contribution < -0.4 is 5.73 Å². The van der Waals surface area contributed by atoms with Crippen molar-refractivity contribution in [1.29, 1.82) is 0 Å². The monoisotopic (exact) mass is 177 g/mol. The van der Waals surface area contributed by atoms with Crippen LogP contribution in [0.4, 0.5) is 0 Å². The predicted octanol–water partition coefficient (Wildman–Crippen LogP) is 1.67. The Morgan fingerprint density at radius 2 is 1.77 bits per heavy atom. The molecule has 1 rings (SSSR count). The molecule has 0 amide bonds. The molecule has 0 aliphatic carbocycles. The second-order valence-corrected chi connectivity index (χ2v) is 3.08. The summed E-state index contributed by atoms with van der Waals surface area (Å²) in [4.78, 5) is 10.1. The number of aldehydes is 1. The molecule has 13 heavy (non-hydrogen) atoms. The predicted molar refractivity (Wildman–Crippen MR) is 53.3 cm³/mol. The first kappa shape index (κ1) is 9.93. The largest absolute Gasteiger partial charge is 0.326 e. The molecule has 0 spiro atoms. The summed E-state index contributed by atoms with van der Waals surface area (Å²) in [6, 6.07) is 8.23. The van der Waals surface area contributed by atoms with Gasteiger partial charge in [-0.25, -0.2) is 0 Å². The van der Waals surface area contributed by atoms with Crippen LogP contribution in [-0.2, 0) is 17.8 Å². The van der Waals surface area contributed by atoms with E-state index < -0.39 is 0 Å². The Morgan fingerprint density at radius 1 is 1.15 bits per heavy atom. The van der Waals surface area contributed by atoms with E-state index in [0.717, 1.165) is 24.7 Å². The minimum Gasteiger partial charge on any atom is -0.326 e. The number of carbonyl (C=O) groups is 1. The molecule has 0 radical (unpaired) electrons. The molecule has 0 aliphatic heterocycles. The molecule has 1 aromatic carbocycles. The fraction of sp³-hybridized carbons (Fsp3) is 0.364. The van der Waals surface area contributed by atoms with Gasteiger partial charge in [0, 0.05) is 13.0 Å². The Hall–Kier alpha value is -1.15. The Bertz CT molecular complexity index is 253. The van der Waals surface area contributed by atoms with E-state index in [-0.39, 0.29) is 0 Å². The topological polar surface area (TPSA) is 43.1 Å². The van der Waals surface area contributed by atoms with Gasteiger partial charge in [-0.3, -0.25) is 0 Å². The molecule has 2 nitrogen and oxygen atoms in total. The summed E-state index contributed by atoms with van der Waals surface area (Å²) in [6.45, 7) is 0.592. The SMILES string of the molecule is NCc1ccc(CCCC=O)cc1. The quantitative estimate of drug-likeness (QED) is 0.549. The van der Waals surface area contributed by atoms with E-state index in [2.05, 4.69) is 12.1 Å². The zero-order valence-corrected chi connectivity index (χ0v) is 7.70. The average molecular weight is 177 g/mol. The molecular formula is C11H15NO. The van der Waals surface area contributed by atoms with E-state index in [1.807, 2.05) is 12.1 Å². The Labute approximate surface area is 78.8 Å². The smallest absolute Gasteiger partial charge is 0.120 e. The summed E-state index contributed by atoms with van der Waals surface area (Å²) in [5.41, 5.74) is 7.90. The number of aryl methyl sites for hydroxylation is 1. The van der Waals surface area contributed by atoms with E-state index in [4.69, 9.17) is 5.73 Å². The third kappa shape index (κ3) is 3.38. The fourth-order valence-electron chi connectivity index (χ4n) is 1.23. The van der Waals surface area contributed by atoms with E-state index in [1.54, 1.807) is 0 Å². The van der Waals surface area contributed by atoms with Crippen LogP contribution in [0, 0.1) is 0 Å². The van der Waals surface area contributed by atoms with Crippen molar-refractivity contribution in [2.24, 2.45) is 5.73 Å². The molecule has 0 heterocycles. The highest BCUT2D eigenvalue weighted by Gasteiger charge is 1.93. The van der Waals surface area contributed by atoms with E-state index in [0.29, 0.717) is 13.0 Å². The maximum absolute atomic E-state index is 10.1. The van der Waals surface area contributed by atoms with Gasteiger partial charge >= 0.3 is 0 Å². The van der Waals surface area contributed by atoms with Gasteiger partial charge in [-0.1, -0.05) is 24.3 Å². The summed E-state index contributed by atoms with van der Waals surface area (Å²) >= 11 is 0. The molecule has 0 bridgehead atoms. The van der Waals surface area contributed by atoms with Gasteiger partial charge < -0.3 is 10.5 Å². The fourth-order valence-corrected chi connectivity index (χ4v) is 1.23. The van der Waals surface area contributed by atoms with Crippen LogP contribution in [0.5, 0.6) is 0 Å². The number of benzene rings is 1. The lowest BCUT2D eigenvalue weighted by Crippen LogP contribution is -1.96. The third-order valence-corrected chi connectivity index (χ3v) is 2.05. The standard InChI is InChI=1S/C11H15NO/c12-9-11-6-4-10(5-7-11)3-1-2-8-13/h4-8H,1-3,9,12H2. The normalized spacial score (nSPS) is 9.92. The lowest BCUT2D eigenvalue weighted by atomic mass is 10.1. The molecular weight excluding hydrogens is 162 g/mol. The average Bonchev–Trinajstić information content (AvgIpc) is 2.19. The van der Waals surface area contributed by atoms with E-state index in [9.17, 15) is 4.79 Å². The minimum absolute atomic E-state index is 0.592. The third-order valence-electron chi connectivity index (χ3n) is 2.05. The summed E-state index contributed by atoms with van der Waals surface area (Å²) in [5.74, 6) is 0. The molecule has 2 heteroatoms. The molecule has 0 aromatic heterocycles. The number of rotatable bonds is 5. The summed E-state index contributed by atoms with van der Waals surface area (Å²) in [5, 5.41) is 0. The van der Waals surface area contributed by atoms with Crippen LogP contribution in [0.3, 0.4) is 0 Å². The first-order chi connectivity index (χ1) is 6.36. The number of nitrogens with two attached hydrogens (primary N) is 1. The Balaban J connectivity index is 2.44. The summed E-state index contributed by atoms with van der Waals surface area (Å²) < 4.78 is 0.